The maximum absolute atomic E-state index is 14.3. The van der Waals surface area contributed by atoms with E-state index in [2.05, 4.69) is 26.9 Å². The van der Waals surface area contributed by atoms with Gasteiger partial charge < -0.3 is 9.29 Å². The average Bonchev–Trinajstić information content (AvgIpc) is 3.09. The number of allylic oxidation sites excluding steroid dienone is 1. The van der Waals surface area contributed by atoms with Gasteiger partial charge >= 0.3 is 0 Å². The quantitative estimate of drug-likeness (QED) is 0.185. The Balaban J connectivity index is 2.12. The van der Waals surface area contributed by atoms with Gasteiger partial charge in [0.15, 0.2) is 0 Å². The first kappa shape index (κ1) is 23.3. The minimum atomic E-state index is -1.41. The maximum atomic E-state index is 14.3. The number of rotatable bonds is 6. The van der Waals surface area contributed by atoms with Crippen molar-refractivity contribution in [3.05, 3.63) is 75.5 Å². The van der Waals surface area contributed by atoms with E-state index in [9.17, 15) is 8.94 Å². The summed E-state index contributed by atoms with van der Waals surface area (Å²) in [5, 5.41) is 0.0315. The van der Waals surface area contributed by atoms with Crippen molar-refractivity contribution in [3.63, 3.8) is 0 Å². The molecule has 1 aliphatic rings. The summed E-state index contributed by atoms with van der Waals surface area (Å²) >= 11 is 8.15. The summed E-state index contributed by atoms with van der Waals surface area (Å²) in [6.45, 7) is 9.51. The Morgan fingerprint density at radius 1 is 1.40 bits per heavy atom. The molecule has 0 N–H and O–H groups in total. The minimum Gasteiger partial charge on any atom is -0.591 e. The van der Waals surface area contributed by atoms with Gasteiger partial charge in [0.25, 0.3) is 0 Å². The second-order valence-electron chi connectivity index (χ2n) is 8.24. The van der Waals surface area contributed by atoms with Crippen molar-refractivity contribution in [3.8, 4) is 5.75 Å². The molecular formula is C23H24BrClFNO2S. The van der Waals surface area contributed by atoms with E-state index in [1.807, 2.05) is 51.1 Å². The van der Waals surface area contributed by atoms with Crippen molar-refractivity contribution in [2.45, 2.75) is 44.0 Å². The molecule has 1 heterocycles. The fraction of sp³-hybridized carbons (Fsp3) is 0.348. The normalized spacial score (nSPS) is 20.6. The van der Waals surface area contributed by atoms with Gasteiger partial charge in [0.2, 0.25) is 0 Å². The molecule has 0 saturated heterocycles. The molecular weight excluding hydrogens is 489 g/mol. The first-order chi connectivity index (χ1) is 14.1. The fourth-order valence-corrected chi connectivity index (χ4v) is 4.77. The van der Waals surface area contributed by atoms with Gasteiger partial charge in [-0.3, -0.25) is 0 Å². The lowest BCUT2D eigenvalue weighted by molar-refractivity contribution is 0.0570. The fourth-order valence-electron chi connectivity index (χ4n) is 3.50. The Morgan fingerprint density at radius 2 is 2.07 bits per heavy atom. The first-order valence-corrected chi connectivity index (χ1v) is 11.9. The summed E-state index contributed by atoms with van der Waals surface area (Å²) < 4.78 is 37.7. The van der Waals surface area contributed by atoms with Crippen LogP contribution in [0, 0.1) is 11.7 Å². The summed E-state index contributed by atoms with van der Waals surface area (Å²) in [6.07, 6.45) is 4.49. The van der Waals surface area contributed by atoms with Crippen LogP contribution in [0.5, 0.6) is 5.75 Å². The highest BCUT2D eigenvalue weighted by atomic mass is 79.9. The van der Waals surface area contributed by atoms with Crippen molar-refractivity contribution in [1.82, 2.24) is 0 Å². The van der Waals surface area contributed by atoms with Crippen LogP contribution in [-0.4, -0.2) is 15.5 Å². The highest BCUT2D eigenvalue weighted by Crippen LogP contribution is 2.51. The van der Waals surface area contributed by atoms with Gasteiger partial charge in [-0.1, -0.05) is 52.4 Å². The lowest BCUT2D eigenvalue weighted by Gasteiger charge is -2.35. The molecule has 2 aromatic rings. The van der Waals surface area contributed by atoms with Crippen molar-refractivity contribution in [1.29, 1.82) is 0 Å². The first-order valence-electron chi connectivity index (χ1n) is 9.58. The molecule has 2 unspecified atom stereocenters. The van der Waals surface area contributed by atoms with E-state index in [1.54, 1.807) is 12.3 Å². The number of ether oxygens (including phenoxy) is 1. The van der Waals surface area contributed by atoms with Crippen LogP contribution < -0.4 is 4.74 Å². The van der Waals surface area contributed by atoms with Gasteiger partial charge in [-0.15, -0.1) is 6.58 Å². The van der Waals surface area contributed by atoms with E-state index in [0.29, 0.717) is 23.1 Å². The smallest absolute Gasteiger partial charge is 0.146 e. The summed E-state index contributed by atoms with van der Waals surface area (Å²) in [5.41, 5.74) is 0.859. The summed E-state index contributed by atoms with van der Waals surface area (Å²) in [7, 11) is 0. The largest absolute Gasteiger partial charge is 0.591 e. The van der Waals surface area contributed by atoms with E-state index in [1.165, 1.54) is 6.07 Å². The zero-order valence-corrected chi connectivity index (χ0v) is 20.3. The Hall–Kier alpha value is -1.34. The van der Waals surface area contributed by atoms with Crippen molar-refractivity contribution >= 4 is 45.1 Å². The van der Waals surface area contributed by atoms with Crippen molar-refractivity contribution in [2.75, 3.05) is 0 Å². The van der Waals surface area contributed by atoms with Crippen LogP contribution in [-0.2, 0) is 23.4 Å². The van der Waals surface area contributed by atoms with E-state index in [-0.39, 0.29) is 10.9 Å². The molecule has 0 spiro atoms. The third-order valence-electron chi connectivity index (χ3n) is 5.10. The van der Waals surface area contributed by atoms with E-state index < -0.39 is 27.5 Å². The van der Waals surface area contributed by atoms with Crippen LogP contribution in [0.4, 0.5) is 4.39 Å². The molecule has 0 radical (unpaired) electrons. The number of hydrogen-bond donors (Lipinski definition) is 0. The standard InChI is InChI=1S/C23H24BrClFNO2S/c1-5-9-16(14-27-30(28)22(2,3)4)23(15-10-7-6-8-11-15)13-17-19(29-23)12-18(26)21(25)20(17)24/h5-8,10-12,14,16H,1,9,13H2,2-4H3/t16?,23-,30?/m0/s1. The van der Waals surface area contributed by atoms with Gasteiger partial charge in [-0.2, -0.15) is 0 Å². The van der Waals surface area contributed by atoms with Gasteiger partial charge in [0.05, 0.1) is 11.2 Å². The molecule has 0 bridgehead atoms. The van der Waals surface area contributed by atoms with Gasteiger partial charge in [-0.05, 0) is 48.7 Å². The number of hydrogen-bond acceptors (Lipinski definition) is 3. The van der Waals surface area contributed by atoms with Gasteiger partial charge in [0, 0.05) is 28.4 Å². The van der Waals surface area contributed by atoms with E-state index in [0.717, 1.165) is 11.1 Å². The Bertz CT molecular complexity index is 964. The molecule has 7 heteroatoms. The topological polar surface area (TPSA) is 44.7 Å². The predicted octanol–water partition coefficient (Wildman–Crippen LogP) is 6.80. The van der Waals surface area contributed by atoms with Gasteiger partial charge in [-0.25, -0.2) is 4.39 Å². The SMILES string of the molecule is C=CCC(C=N[S+]([O-])C(C)(C)C)[C@@]1(c2ccccc2)Cc2c(cc(F)c(Cl)c2Br)O1. The van der Waals surface area contributed by atoms with Crippen LogP contribution >= 0.6 is 27.5 Å². The summed E-state index contributed by atoms with van der Waals surface area (Å²) in [6, 6.07) is 11.1. The molecule has 3 rings (SSSR count). The highest BCUT2D eigenvalue weighted by Gasteiger charge is 2.48. The Labute approximate surface area is 193 Å². The van der Waals surface area contributed by atoms with Crippen LogP contribution in [0.3, 0.4) is 0 Å². The predicted molar refractivity (Wildman–Crippen MR) is 126 cm³/mol. The van der Waals surface area contributed by atoms with Crippen LogP contribution in [0.25, 0.3) is 0 Å². The Morgan fingerprint density at radius 3 is 2.67 bits per heavy atom. The number of halogens is 3. The van der Waals surface area contributed by atoms with E-state index in [4.69, 9.17) is 16.3 Å². The number of benzene rings is 2. The molecule has 3 atom stereocenters. The van der Waals surface area contributed by atoms with Crippen molar-refractivity contribution < 1.29 is 13.7 Å². The molecule has 0 aromatic heterocycles. The van der Waals surface area contributed by atoms with Crippen molar-refractivity contribution in [2.24, 2.45) is 10.3 Å². The summed E-state index contributed by atoms with van der Waals surface area (Å²) in [4.78, 5) is 0. The van der Waals surface area contributed by atoms with E-state index >= 15 is 0 Å². The van der Waals surface area contributed by atoms with Gasteiger partial charge in [0.1, 0.15) is 33.3 Å². The molecule has 3 nitrogen and oxygen atoms in total. The second-order valence-corrected chi connectivity index (χ2v) is 11.3. The molecule has 0 saturated carbocycles. The summed E-state index contributed by atoms with van der Waals surface area (Å²) in [5.74, 6) is -0.384. The lowest BCUT2D eigenvalue weighted by Crippen LogP contribution is -2.41. The van der Waals surface area contributed by atoms with Crippen LogP contribution in [0.2, 0.25) is 5.02 Å². The average molecular weight is 513 g/mol. The number of nitrogens with zero attached hydrogens (tertiary/aromatic N) is 1. The lowest BCUT2D eigenvalue weighted by atomic mass is 9.77. The number of fused-ring (bicyclic) bond motifs is 1. The zero-order valence-electron chi connectivity index (χ0n) is 17.1. The highest BCUT2D eigenvalue weighted by molar-refractivity contribution is 9.10. The third kappa shape index (κ3) is 4.47. The monoisotopic (exact) mass is 511 g/mol. The molecule has 0 amide bonds. The van der Waals surface area contributed by atoms with Crippen LogP contribution in [0.15, 0.2) is 57.9 Å². The Kier molecular flexibility index (Phi) is 7.02. The van der Waals surface area contributed by atoms with Crippen LogP contribution in [0.1, 0.15) is 38.3 Å². The zero-order chi connectivity index (χ0) is 22.1. The molecule has 2 aromatic carbocycles. The third-order valence-corrected chi connectivity index (χ3v) is 7.93. The molecule has 160 valence electrons. The molecule has 0 aliphatic carbocycles. The molecule has 0 fully saturated rings. The minimum absolute atomic E-state index is 0.0315. The molecule has 1 aliphatic heterocycles. The second kappa shape index (κ2) is 9.03. The molecule has 30 heavy (non-hydrogen) atoms. The maximum Gasteiger partial charge on any atom is 0.146 e.